The summed E-state index contributed by atoms with van der Waals surface area (Å²) in [5.74, 6) is -1.10. The van der Waals surface area contributed by atoms with E-state index in [1.807, 2.05) is 12.1 Å². The van der Waals surface area contributed by atoms with Gasteiger partial charge in [-0.05, 0) is 35.4 Å². The first-order valence-corrected chi connectivity index (χ1v) is 7.62. The van der Waals surface area contributed by atoms with Crippen molar-refractivity contribution in [2.24, 2.45) is 0 Å². The summed E-state index contributed by atoms with van der Waals surface area (Å²) in [4.78, 5) is 9.40. The molecule has 0 aliphatic carbocycles. The van der Waals surface area contributed by atoms with Gasteiger partial charge in [0.15, 0.2) is 0 Å². The smallest absolute Gasteiger partial charge is 0.263 e. The fraction of sp³-hybridized carbons (Fsp3) is 0.0769. The molecule has 0 saturated carbocycles. The molecule has 0 saturated heterocycles. The van der Waals surface area contributed by atoms with Gasteiger partial charge in [0.05, 0.1) is 4.90 Å². The number of hydrogen-bond donors (Lipinski definition) is 0. The molecule has 0 bridgehead atoms. The molecule has 2 rings (SSSR count). The largest absolute Gasteiger partial charge is 0.305 e. The van der Waals surface area contributed by atoms with Gasteiger partial charge in [-0.2, -0.15) is 0 Å². The summed E-state index contributed by atoms with van der Waals surface area (Å²) in [7, 11) is -3.89. The first-order chi connectivity index (χ1) is 9.38. The summed E-state index contributed by atoms with van der Waals surface area (Å²) >= 11 is 5.79. The Kier molecular flexibility index (Phi) is 4.06. The molecule has 0 atom stereocenters. The average molecular weight is 312 g/mol. The first kappa shape index (κ1) is 14.5. The maximum Gasteiger partial charge on any atom is 0.305 e. The van der Waals surface area contributed by atoms with E-state index >= 15 is 0 Å². The Hall–Kier alpha value is -1.92. The molecule has 0 amide bonds. The van der Waals surface area contributed by atoms with E-state index in [1.165, 1.54) is 12.1 Å². The third-order valence-corrected chi connectivity index (χ3v) is 4.46. The van der Waals surface area contributed by atoms with Crippen LogP contribution >= 0.6 is 11.6 Å². The topological polar surface area (TPSA) is 77.3 Å². The number of hydrogen-bond acceptors (Lipinski definition) is 4. The average Bonchev–Trinajstić information content (AvgIpc) is 2.38. The lowest BCUT2D eigenvalue weighted by Crippen LogP contribution is -2.14. The van der Waals surface area contributed by atoms with Crippen molar-refractivity contribution in [3.05, 3.63) is 63.7 Å². The van der Waals surface area contributed by atoms with Crippen LogP contribution < -0.4 is 0 Å². The van der Waals surface area contributed by atoms with Crippen molar-refractivity contribution in [3.8, 4) is 11.1 Å². The Balaban J connectivity index is 2.31. The van der Waals surface area contributed by atoms with E-state index in [4.69, 9.17) is 11.6 Å². The van der Waals surface area contributed by atoms with Gasteiger partial charge in [-0.25, -0.2) is 8.42 Å². The van der Waals surface area contributed by atoms with Gasteiger partial charge in [-0.15, -0.1) is 0 Å². The second kappa shape index (κ2) is 5.60. The molecule has 2 aromatic carbocycles. The van der Waals surface area contributed by atoms with Crippen LogP contribution in [0.2, 0.25) is 5.02 Å². The van der Waals surface area contributed by atoms with Crippen LogP contribution in [0, 0.1) is 10.1 Å². The van der Waals surface area contributed by atoms with Gasteiger partial charge in [-0.1, -0.05) is 35.9 Å². The Morgan fingerprint density at radius 3 is 1.85 bits per heavy atom. The van der Waals surface area contributed by atoms with Gasteiger partial charge in [0.2, 0.25) is 9.84 Å². The minimum Gasteiger partial charge on any atom is -0.263 e. The van der Waals surface area contributed by atoms with E-state index in [0.717, 1.165) is 11.1 Å². The van der Waals surface area contributed by atoms with Crippen molar-refractivity contribution in [2.75, 3.05) is 5.88 Å². The molecule has 0 aromatic heterocycles. The normalized spacial score (nSPS) is 11.2. The summed E-state index contributed by atoms with van der Waals surface area (Å²) in [6.45, 7) is 0. The highest BCUT2D eigenvalue weighted by Crippen LogP contribution is 2.23. The van der Waals surface area contributed by atoms with Crippen LogP contribution in [0.4, 0.5) is 0 Å². The summed E-state index contributed by atoms with van der Waals surface area (Å²) in [5.41, 5.74) is 1.69. The van der Waals surface area contributed by atoms with Crippen LogP contribution in [-0.2, 0) is 9.84 Å². The number of nitrogens with zero attached hydrogens (tertiary/aromatic N) is 1. The lowest BCUT2D eigenvalue weighted by molar-refractivity contribution is -0.458. The molecule has 7 heteroatoms. The number of rotatable bonds is 4. The standard InChI is InChI=1S/C13H10ClNO4S/c14-12-5-1-10(2-6-12)11-3-7-13(8-4-11)20(18,19)9-15(16)17/h1-8H,9H2. The summed E-state index contributed by atoms with van der Waals surface area (Å²) in [6, 6.07) is 13.0. The lowest BCUT2D eigenvalue weighted by atomic mass is 10.1. The van der Waals surface area contributed by atoms with Crippen LogP contribution in [0.5, 0.6) is 0 Å². The van der Waals surface area contributed by atoms with E-state index in [1.54, 1.807) is 24.3 Å². The Morgan fingerprint density at radius 2 is 1.40 bits per heavy atom. The van der Waals surface area contributed by atoms with Crippen molar-refractivity contribution >= 4 is 21.4 Å². The van der Waals surface area contributed by atoms with E-state index in [0.29, 0.717) is 5.02 Å². The maximum absolute atomic E-state index is 11.7. The molecule has 0 fully saturated rings. The summed E-state index contributed by atoms with van der Waals surface area (Å²) < 4.78 is 23.4. The highest BCUT2D eigenvalue weighted by molar-refractivity contribution is 7.91. The molecule has 20 heavy (non-hydrogen) atoms. The number of sulfone groups is 1. The monoisotopic (exact) mass is 311 g/mol. The van der Waals surface area contributed by atoms with E-state index in [9.17, 15) is 18.5 Å². The SMILES string of the molecule is O=[N+]([O-])CS(=O)(=O)c1ccc(-c2ccc(Cl)cc2)cc1. The van der Waals surface area contributed by atoms with Gasteiger partial charge < -0.3 is 0 Å². The molecule has 5 nitrogen and oxygen atoms in total. The van der Waals surface area contributed by atoms with Crippen LogP contribution in [0.25, 0.3) is 11.1 Å². The molecule has 0 aliphatic heterocycles. The third-order valence-electron chi connectivity index (χ3n) is 2.67. The fourth-order valence-corrected chi connectivity index (χ4v) is 2.81. The molecule has 0 N–H and O–H groups in total. The van der Waals surface area contributed by atoms with Crippen molar-refractivity contribution in [3.63, 3.8) is 0 Å². The molecule has 0 aliphatic rings. The molecule has 2 aromatic rings. The molecular formula is C13H10ClNO4S. The molecule has 0 radical (unpaired) electrons. The Morgan fingerprint density at radius 1 is 0.950 bits per heavy atom. The quantitative estimate of drug-likeness (QED) is 0.642. The van der Waals surface area contributed by atoms with Crippen molar-refractivity contribution in [2.45, 2.75) is 4.90 Å². The summed E-state index contributed by atoms with van der Waals surface area (Å²) in [5, 5.41) is 10.9. The predicted molar refractivity (Wildman–Crippen MR) is 75.9 cm³/mol. The molecule has 0 spiro atoms. The highest BCUT2D eigenvalue weighted by atomic mass is 35.5. The fourth-order valence-electron chi connectivity index (χ4n) is 1.71. The number of halogens is 1. The predicted octanol–water partition coefficient (Wildman–Crippen LogP) is 3.01. The van der Waals surface area contributed by atoms with Crippen LogP contribution in [0.3, 0.4) is 0 Å². The zero-order valence-electron chi connectivity index (χ0n) is 10.2. The highest BCUT2D eigenvalue weighted by Gasteiger charge is 2.20. The minimum absolute atomic E-state index is 0.0630. The van der Waals surface area contributed by atoms with Gasteiger partial charge in [0.25, 0.3) is 0 Å². The number of nitro groups is 1. The molecule has 0 heterocycles. The number of benzene rings is 2. The van der Waals surface area contributed by atoms with Crippen molar-refractivity contribution < 1.29 is 13.3 Å². The van der Waals surface area contributed by atoms with E-state index < -0.39 is 20.6 Å². The zero-order chi connectivity index (χ0) is 14.8. The van der Waals surface area contributed by atoms with Gasteiger partial charge in [0, 0.05) is 9.95 Å². The van der Waals surface area contributed by atoms with Crippen LogP contribution in [-0.4, -0.2) is 19.2 Å². The van der Waals surface area contributed by atoms with Gasteiger partial charge in [-0.3, -0.25) is 10.1 Å². The second-order valence-electron chi connectivity index (χ2n) is 4.11. The minimum atomic E-state index is -3.89. The van der Waals surface area contributed by atoms with Gasteiger partial charge in [0.1, 0.15) is 0 Å². The van der Waals surface area contributed by atoms with E-state index in [2.05, 4.69) is 0 Å². The first-order valence-electron chi connectivity index (χ1n) is 5.59. The zero-order valence-corrected chi connectivity index (χ0v) is 11.8. The molecule has 0 unspecified atom stereocenters. The lowest BCUT2D eigenvalue weighted by Gasteiger charge is -2.04. The summed E-state index contributed by atoms with van der Waals surface area (Å²) in [6.07, 6.45) is 0. The van der Waals surface area contributed by atoms with Gasteiger partial charge >= 0.3 is 5.88 Å². The Bertz CT molecular complexity index is 724. The second-order valence-corrected chi connectivity index (χ2v) is 6.50. The molecular weight excluding hydrogens is 302 g/mol. The van der Waals surface area contributed by atoms with Crippen LogP contribution in [0.15, 0.2) is 53.4 Å². The van der Waals surface area contributed by atoms with E-state index in [-0.39, 0.29) is 4.90 Å². The van der Waals surface area contributed by atoms with Crippen molar-refractivity contribution in [1.29, 1.82) is 0 Å². The van der Waals surface area contributed by atoms with Crippen LogP contribution in [0.1, 0.15) is 0 Å². The Labute approximate surface area is 120 Å². The molecule has 104 valence electrons. The maximum atomic E-state index is 11.7. The van der Waals surface area contributed by atoms with Crippen molar-refractivity contribution in [1.82, 2.24) is 0 Å². The third kappa shape index (κ3) is 3.34.